The first-order valence-corrected chi connectivity index (χ1v) is 19.5. The summed E-state index contributed by atoms with van der Waals surface area (Å²) in [6.07, 6.45) is 0.939. The largest absolute Gasteiger partial charge is 0.497 e. The molecule has 0 aliphatic carbocycles. The summed E-state index contributed by atoms with van der Waals surface area (Å²) in [6, 6.07) is 28.3. The summed E-state index contributed by atoms with van der Waals surface area (Å²) in [5.41, 5.74) is 13.0. The van der Waals surface area contributed by atoms with Crippen LogP contribution in [0.3, 0.4) is 0 Å². The Bertz CT molecular complexity index is 2550. The minimum absolute atomic E-state index is 0.158. The van der Waals surface area contributed by atoms with Gasteiger partial charge < -0.3 is 34.5 Å². The van der Waals surface area contributed by atoms with Crippen molar-refractivity contribution >= 4 is 46.5 Å². The number of ether oxygens (including phenoxy) is 4. The standard InChI is InChI=1S/C22H22N4O5.C22H22N4O4/c1-3-31-22(28)19-18-12-13-25(15-6-4-14(24-29)5-7-15)21(27)20(18)26(23-19)16-8-10-17(30-2)11-9-16;1-3-30-22(28)19-18-12-13-25(15-6-4-14(23)5-7-15)21(27)20(18)26(24-19)16-8-10-17(29-2)11-9-16/h4-11,24,29H,3,12-13H2,1-2H3;4-11H,3,12-13,23H2,1-2H3/p+1. The van der Waals surface area contributed by atoms with Gasteiger partial charge >= 0.3 is 11.9 Å². The number of nitrogen functional groups attached to an aromatic ring is 1. The maximum atomic E-state index is 13.5. The van der Waals surface area contributed by atoms with Crippen molar-refractivity contribution in [3.05, 3.63) is 131 Å². The van der Waals surface area contributed by atoms with E-state index in [0.717, 1.165) is 11.2 Å². The Hall–Kier alpha value is -7.50. The predicted molar refractivity (Wildman–Crippen MR) is 224 cm³/mol. The van der Waals surface area contributed by atoms with Crippen molar-refractivity contribution in [3.63, 3.8) is 0 Å². The minimum atomic E-state index is -0.546. The van der Waals surface area contributed by atoms with Crippen LogP contribution in [0.25, 0.3) is 11.4 Å². The third-order valence-electron chi connectivity index (χ3n) is 10.2. The number of nitrogens with zero attached hydrogens (tertiary/aromatic N) is 6. The summed E-state index contributed by atoms with van der Waals surface area (Å²) in [6.45, 7) is 4.74. The molecule has 2 aliphatic rings. The van der Waals surface area contributed by atoms with E-state index >= 15 is 0 Å². The van der Waals surface area contributed by atoms with E-state index in [4.69, 9.17) is 29.9 Å². The zero-order chi connectivity index (χ0) is 43.2. The summed E-state index contributed by atoms with van der Waals surface area (Å²) in [5, 5.41) is 18.1. The molecule has 17 nitrogen and oxygen atoms in total. The molecule has 2 amide bonds. The monoisotopic (exact) mass is 829 g/mol. The molecule has 2 aliphatic heterocycles. The van der Waals surface area contributed by atoms with Crippen LogP contribution >= 0.6 is 0 Å². The van der Waals surface area contributed by atoms with Crippen molar-refractivity contribution in [2.24, 2.45) is 0 Å². The molecule has 0 atom stereocenters. The van der Waals surface area contributed by atoms with Crippen LogP contribution in [0.5, 0.6) is 11.5 Å². The number of fused-ring (bicyclic) bond motifs is 2. The first kappa shape index (κ1) is 41.7. The van der Waals surface area contributed by atoms with Crippen LogP contribution in [-0.2, 0) is 22.3 Å². The normalized spacial score (nSPS) is 13.1. The molecule has 0 spiro atoms. The van der Waals surface area contributed by atoms with E-state index in [1.807, 2.05) is 0 Å². The molecule has 0 saturated carbocycles. The first-order chi connectivity index (χ1) is 29.6. The topological polar surface area (TPSA) is 210 Å². The third-order valence-corrected chi connectivity index (χ3v) is 10.2. The Morgan fingerprint density at radius 2 is 1.00 bits per heavy atom. The van der Waals surface area contributed by atoms with Crippen molar-refractivity contribution in [3.8, 4) is 22.9 Å². The van der Waals surface area contributed by atoms with Gasteiger partial charge in [0.1, 0.15) is 22.9 Å². The number of quaternary nitrogens is 1. The lowest BCUT2D eigenvalue weighted by atomic mass is 10.0. The van der Waals surface area contributed by atoms with Crippen molar-refractivity contribution < 1.29 is 48.8 Å². The fourth-order valence-electron chi connectivity index (χ4n) is 7.15. The molecule has 0 unspecified atom stereocenters. The number of carbonyl (C=O) groups excluding carboxylic acids is 4. The van der Waals surface area contributed by atoms with E-state index in [-0.39, 0.29) is 36.4 Å². The van der Waals surface area contributed by atoms with Crippen molar-refractivity contribution in [2.45, 2.75) is 26.7 Å². The molecular formula is C44H45N8O9+. The fourth-order valence-corrected chi connectivity index (χ4v) is 7.15. The van der Waals surface area contributed by atoms with Crippen molar-refractivity contribution in [1.82, 2.24) is 19.6 Å². The number of amides is 2. The number of methoxy groups -OCH3 is 2. The molecule has 4 heterocycles. The van der Waals surface area contributed by atoms with E-state index in [9.17, 15) is 19.2 Å². The number of hydrogen-bond acceptors (Lipinski definition) is 12. The van der Waals surface area contributed by atoms with Crippen LogP contribution in [0.15, 0.2) is 97.1 Å². The number of rotatable bonds is 11. The molecule has 5 N–H and O–H groups in total. The molecule has 2 aromatic heterocycles. The number of benzene rings is 4. The van der Waals surface area contributed by atoms with E-state index in [0.29, 0.717) is 88.4 Å². The van der Waals surface area contributed by atoms with E-state index in [2.05, 4.69) is 10.2 Å². The van der Waals surface area contributed by atoms with E-state index in [1.54, 1.807) is 135 Å². The Morgan fingerprint density at radius 1 is 0.623 bits per heavy atom. The van der Waals surface area contributed by atoms with Crippen LogP contribution in [0, 0.1) is 0 Å². The van der Waals surface area contributed by atoms with E-state index in [1.165, 1.54) is 9.36 Å². The average molecular weight is 830 g/mol. The maximum absolute atomic E-state index is 13.5. The number of aromatic nitrogens is 4. The third kappa shape index (κ3) is 8.37. The van der Waals surface area contributed by atoms with Crippen LogP contribution in [-0.4, -0.2) is 89.0 Å². The van der Waals surface area contributed by atoms with E-state index < -0.39 is 11.9 Å². The average Bonchev–Trinajstić information content (AvgIpc) is 3.89. The van der Waals surface area contributed by atoms with Gasteiger partial charge in [0, 0.05) is 53.4 Å². The van der Waals surface area contributed by atoms with Crippen LogP contribution < -0.4 is 30.5 Å². The summed E-state index contributed by atoms with van der Waals surface area (Å²) < 4.78 is 23.7. The Kier molecular flexibility index (Phi) is 12.4. The second kappa shape index (κ2) is 18.2. The minimum Gasteiger partial charge on any atom is -0.497 e. The fraction of sp³-hybridized carbons (Fsp3) is 0.227. The first-order valence-electron chi connectivity index (χ1n) is 19.5. The molecule has 8 rings (SSSR count). The summed E-state index contributed by atoms with van der Waals surface area (Å²) in [4.78, 5) is 55.3. The van der Waals surface area contributed by atoms with Gasteiger partial charge in [-0.1, -0.05) is 0 Å². The highest BCUT2D eigenvalue weighted by Gasteiger charge is 2.37. The number of carbonyl (C=O) groups is 4. The van der Waals surface area contributed by atoms with Gasteiger partial charge in [0.15, 0.2) is 17.1 Å². The molecule has 61 heavy (non-hydrogen) atoms. The SMILES string of the molecule is CCOC(=O)c1nn(-c2ccc(OC)cc2)c2c1CCN(c1ccc(N)cc1)C2=O.CCOC(=O)c1nn(-c2ccc(OC)cc2)c2c1CCN(c1ccc([NH2+]O)cc1)C2=O. The van der Waals surface area contributed by atoms with Crippen molar-refractivity contribution in [1.29, 1.82) is 0 Å². The maximum Gasteiger partial charge on any atom is 0.359 e. The quantitative estimate of drug-likeness (QED) is 0.0923. The van der Waals surface area contributed by atoms with Gasteiger partial charge in [0.05, 0.1) is 38.8 Å². The van der Waals surface area contributed by atoms with Gasteiger partial charge in [-0.05, 0) is 112 Å². The van der Waals surface area contributed by atoms with Gasteiger partial charge in [-0.2, -0.15) is 15.7 Å². The molecule has 0 bridgehead atoms. The lowest BCUT2D eigenvalue weighted by molar-refractivity contribution is -0.825. The Balaban J connectivity index is 0.000000184. The second-order valence-corrected chi connectivity index (χ2v) is 13.7. The predicted octanol–water partition coefficient (Wildman–Crippen LogP) is 4.69. The van der Waals surface area contributed by atoms with Crippen LogP contribution in [0.1, 0.15) is 66.9 Å². The smallest absolute Gasteiger partial charge is 0.359 e. The summed E-state index contributed by atoms with van der Waals surface area (Å²) in [5.74, 6) is -0.227. The number of anilines is 3. The summed E-state index contributed by atoms with van der Waals surface area (Å²) >= 11 is 0. The molecule has 0 radical (unpaired) electrons. The Morgan fingerprint density at radius 3 is 1.36 bits per heavy atom. The molecule has 0 saturated heterocycles. The molecule has 0 fully saturated rings. The van der Waals surface area contributed by atoms with Crippen molar-refractivity contribution in [2.75, 3.05) is 56.1 Å². The van der Waals surface area contributed by atoms with Crippen LogP contribution in [0.2, 0.25) is 0 Å². The zero-order valence-corrected chi connectivity index (χ0v) is 34.0. The lowest BCUT2D eigenvalue weighted by Crippen LogP contribution is -2.73. The highest BCUT2D eigenvalue weighted by molar-refractivity contribution is 6.10. The zero-order valence-electron chi connectivity index (χ0n) is 34.0. The van der Waals surface area contributed by atoms with Gasteiger partial charge in [0.25, 0.3) is 11.8 Å². The summed E-state index contributed by atoms with van der Waals surface area (Å²) in [7, 11) is 3.16. The molecule has 6 aromatic rings. The number of esters is 2. The van der Waals surface area contributed by atoms with Gasteiger partial charge in [-0.15, -0.1) is 0 Å². The molecule has 314 valence electrons. The molecular weight excluding hydrogens is 785 g/mol. The number of hydrogen-bond donors (Lipinski definition) is 3. The van der Waals surface area contributed by atoms with Crippen LogP contribution in [0.4, 0.5) is 22.7 Å². The van der Waals surface area contributed by atoms with Gasteiger partial charge in [0.2, 0.25) is 0 Å². The second-order valence-electron chi connectivity index (χ2n) is 13.7. The highest BCUT2D eigenvalue weighted by Crippen LogP contribution is 2.32. The lowest BCUT2D eigenvalue weighted by Gasteiger charge is -2.27. The highest BCUT2D eigenvalue weighted by atomic mass is 16.5. The van der Waals surface area contributed by atoms with Gasteiger partial charge in [-0.3, -0.25) is 9.59 Å². The molecule has 17 heteroatoms. The van der Waals surface area contributed by atoms with Gasteiger partial charge in [-0.25, -0.2) is 24.2 Å². The number of nitrogens with two attached hydrogens (primary N) is 2. The Labute approximate surface area is 350 Å². The molecule has 4 aromatic carbocycles.